The summed E-state index contributed by atoms with van der Waals surface area (Å²) in [6, 6.07) is 19.4. The lowest BCUT2D eigenvalue weighted by Gasteiger charge is -2.32. The minimum Gasteiger partial charge on any atom is -0.383 e. The highest BCUT2D eigenvalue weighted by molar-refractivity contribution is 6.03. The van der Waals surface area contributed by atoms with Crippen molar-refractivity contribution in [3.8, 4) is 22.4 Å². The zero-order chi connectivity index (χ0) is 26.2. The average molecular weight is 505 g/mol. The third-order valence-electron chi connectivity index (χ3n) is 8.43. The zero-order valence-corrected chi connectivity index (χ0v) is 22.6. The van der Waals surface area contributed by atoms with Crippen LogP contribution in [0.3, 0.4) is 0 Å². The Kier molecular flexibility index (Phi) is 6.58. The topological polar surface area (TPSA) is 72.9 Å². The standard InChI is InChI=1S/C32H36N6/c1-4-37(3)18-22-10-14-25(15-11-22)38-19-27(29-31(33)34-20-35-32(29)38)26-16-12-24-13-17-28(36-30(24)21(26)2)23-8-6-5-7-9-23/h5-9,12-13,16-17,19-20,22,25H,4,10-11,14-15,18H2,1-3H3,(H2,33,34,35). The van der Waals surface area contributed by atoms with Crippen molar-refractivity contribution in [2.24, 2.45) is 5.92 Å². The van der Waals surface area contributed by atoms with Gasteiger partial charge in [0.25, 0.3) is 0 Å². The van der Waals surface area contributed by atoms with Gasteiger partial charge >= 0.3 is 0 Å². The second-order valence-corrected chi connectivity index (χ2v) is 10.8. The van der Waals surface area contributed by atoms with Crippen LogP contribution in [0.5, 0.6) is 0 Å². The second kappa shape index (κ2) is 10.2. The fourth-order valence-corrected chi connectivity index (χ4v) is 6.16. The molecular weight excluding hydrogens is 468 g/mol. The van der Waals surface area contributed by atoms with Gasteiger partial charge in [0, 0.05) is 35.3 Å². The lowest BCUT2D eigenvalue weighted by Crippen LogP contribution is -2.29. The quantitative estimate of drug-likeness (QED) is 0.273. The van der Waals surface area contributed by atoms with E-state index < -0.39 is 0 Å². The van der Waals surface area contributed by atoms with Gasteiger partial charge in [0.2, 0.25) is 0 Å². The molecule has 0 amide bonds. The Morgan fingerprint density at radius 2 is 1.71 bits per heavy atom. The van der Waals surface area contributed by atoms with E-state index in [-0.39, 0.29) is 0 Å². The summed E-state index contributed by atoms with van der Waals surface area (Å²) in [5.74, 6) is 1.30. The van der Waals surface area contributed by atoms with Crippen molar-refractivity contribution in [2.75, 3.05) is 25.9 Å². The van der Waals surface area contributed by atoms with Crippen LogP contribution in [-0.4, -0.2) is 44.6 Å². The molecule has 1 saturated carbocycles. The van der Waals surface area contributed by atoms with Gasteiger partial charge in [0.05, 0.1) is 16.6 Å². The number of nitrogen functional groups attached to an aromatic ring is 1. The Labute approximate surface area is 224 Å². The van der Waals surface area contributed by atoms with Crippen molar-refractivity contribution in [2.45, 2.75) is 45.6 Å². The molecule has 0 atom stereocenters. The lowest BCUT2D eigenvalue weighted by atomic mass is 9.85. The predicted octanol–water partition coefficient (Wildman–Crippen LogP) is 6.89. The predicted molar refractivity (Wildman–Crippen MR) is 157 cm³/mol. The monoisotopic (exact) mass is 504 g/mol. The van der Waals surface area contributed by atoms with E-state index in [1.165, 1.54) is 19.4 Å². The number of fused-ring (bicyclic) bond motifs is 2. The van der Waals surface area contributed by atoms with Crippen molar-refractivity contribution < 1.29 is 0 Å². The number of pyridine rings is 1. The molecule has 6 rings (SSSR count). The minimum atomic E-state index is 0.423. The molecule has 1 aliphatic carbocycles. The van der Waals surface area contributed by atoms with E-state index >= 15 is 0 Å². The van der Waals surface area contributed by atoms with E-state index in [4.69, 9.17) is 15.7 Å². The SMILES string of the molecule is CCN(C)CC1CCC(n2cc(-c3ccc4ccc(-c5ccccc5)nc4c3C)c3c(N)ncnc32)CC1. The summed E-state index contributed by atoms with van der Waals surface area (Å²) in [6.45, 7) is 6.69. The van der Waals surface area contributed by atoms with Crippen molar-refractivity contribution in [1.82, 2.24) is 24.4 Å². The highest BCUT2D eigenvalue weighted by atomic mass is 15.1. The highest BCUT2D eigenvalue weighted by Crippen LogP contribution is 2.41. The molecule has 38 heavy (non-hydrogen) atoms. The molecule has 0 unspecified atom stereocenters. The number of hydrogen-bond acceptors (Lipinski definition) is 5. The summed E-state index contributed by atoms with van der Waals surface area (Å²) >= 11 is 0. The Morgan fingerprint density at radius 1 is 0.947 bits per heavy atom. The number of nitrogens with two attached hydrogens (primary N) is 1. The highest BCUT2D eigenvalue weighted by Gasteiger charge is 2.26. The third kappa shape index (κ3) is 4.43. The fraction of sp³-hybridized carbons (Fsp3) is 0.344. The number of nitrogens with zero attached hydrogens (tertiary/aromatic N) is 5. The van der Waals surface area contributed by atoms with Crippen LogP contribution in [-0.2, 0) is 0 Å². The van der Waals surface area contributed by atoms with Crippen molar-refractivity contribution in [1.29, 1.82) is 0 Å². The molecule has 6 nitrogen and oxygen atoms in total. The summed E-state index contributed by atoms with van der Waals surface area (Å²) in [5, 5.41) is 2.08. The molecule has 5 aromatic rings. The molecule has 0 spiro atoms. The first-order chi connectivity index (χ1) is 18.5. The number of rotatable bonds is 6. The average Bonchev–Trinajstić information content (AvgIpc) is 3.34. The molecule has 2 N–H and O–H groups in total. The van der Waals surface area contributed by atoms with Crippen molar-refractivity contribution in [3.05, 3.63) is 72.7 Å². The van der Waals surface area contributed by atoms with E-state index in [2.05, 4.69) is 90.1 Å². The van der Waals surface area contributed by atoms with Crippen LogP contribution in [0, 0.1) is 12.8 Å². The Balaban J connectivity index is 1.41. The molecule has 6 heteroatoms. The van der Waals surface area contributed by atoms with E-state index in [1.807, 2.05) is 6.07 Å². The molecule has 1 aliphatic rings. The molecule has 2 aromatic carbocycles. The summed E-state index contributed by atoms with van der Waals surface area (Å²) in [4.78, 5) is 16.7. The molecule has 1 fully saturated rings. The molecule has 3 aromatic heterocycles. The Hall–Kier alpha value is -3.77. The van der Waals surface area contributed by atoms with Gasteiger partial charge in [0.15, 0.2) is 0 Å². The third-order valence-corrected chi connectivity index (χ3v) is 8.43. The van der Waals surface area contributed by atoms with Gasteiger partial charge in [-0.25, -0.2) is 15.0 Å². The first-order valence-corrected chi connectivity index (χ1v) is 13.8. The van der Waals surface area contributed by atoms with Gasteiger partial charge in [0.1, 0.15) is 17.8 Å². The van der Waals surface area contributed by atoms with Crippen LogP contribution in [0.25, 0.3) is 44.3 Å². The van der Waals surface area contributed by atoms with Crippen LogP contribution in [0.2, 0.25) is 0 Å². The fourth-order valence-electron chi connectivity index (χ4n) is 6.16. The smallest absolute Gasteiger partial charge is 0.146 e. The van der Waals surface area contributed by atoms with Gasteiger partial charge in [-0.2, -0.15) is 0 Å². The second-order valence-electron chi connectivity index (χ2n) is 10.8. The number of anilines is 1. The number of benzene rings is 2. The first-order valence-electron chi connectivity index (χ1n) is 13.8. The Morgan fingerprint density at radius 3 is 2.47 bits per heavy atom. The molecule has 3 heterocycles. The van der Waals surface area contributed by atoms with E-state index in [0.29, 0.717) is 11.9 Å². The normalized spacial score (nSPS) is 18.0. The molecular formula is C32H36N6. The summed E-state index contributed by atoms with van der Waals surface area (Å²) in [7, 11) is 2.22. The van der Waals surface area contributed by atoms with Crippen LogP contribution in [0.15, 0.2) is 67.1 Å². The van der Waals surface area contributed by atoms with E-state index in [0.717, 1.165) is 75.2 Å². The maximum atomic E-state index is 6.51. The minimum absolute atomic E-state index is 0.423. The van der Waals surface area contributed by atoms with E-state index in [9.17, 15) is 0 Å². The van der Waals surface area contributed by atoms with Crippen LogP contribution in [0.4, 0.5) is 5.82 Å². The van der Waals surface area contributed by atoms with Crippen molar-refractivity contribution in [3.63, 3.8) is 0 Å². The largest absolute Gasteiger partial charge is 0.383 e. The lowest BCUT2D eigenvalue weighted by molar-refractivity contribution is 0.211. The molecule has 0 aliphatic heterocycles. The van der Waals surface area contributed by atoms with Crippen LogP contribution in [0.1, 0.15) is 44.2 Å². The van der Waals surface area contributed by atoms with Gasteiger partial charge in [-0.15, -0.1) is 0 Å². The summed E-state index contributed by atoms with van der Waals surface area (Å²) in [5.41, 5.74) is 13.9. The maximum absolute atomic E-state index is 6.51. The molecule has 0 radical (unpaired) electrons. The number of hydrogen-bond donors (Lipinski definition) is 1. The maximum Gasteiger partial charge on any atom is 0.146 e. The number of aromatic nitrogens is 4. The van der Waals surface area contributed by atoms with Gasteiger partial charge in [-0.05, 0) is 69.3 Å². The van der Waals surface area contributed by atoms with Crippen molar-refractivity contribution >= 4 is 27.8 Å². The van der Waals surface area contributed by atoms with Gasteiger partial charge in [-0.1, -0.05) is 55.5 Å². The number of aryl methyl sites for hydroxylation is 1. The van der Waals surface area contributed by atoms with Crippen LogP contribution < -0.4 is 5.73 Å². The van der Waals surface area contributed by atoms with Gasteiger partial charge < -0.3 is 15.2 Å². The van der Waals surface area contributed by atoms with Crippen LogP contribution >= 0.6 is 0 Å². The summed E-state index contributed by atoms with van der Waals surface area (Å²) < 4.78 is 2.37. The molecule has 0 bridgehead atoms. The first kappa shape index (κ1) is 24.6. The van der Waals surface area contributed by atoms with Gasteiger partial charge in [-0.3, -0.25) is 0 Å². The summed E-state index contributed by atoms with van der Waals surface area (Å²) in [6.07, 6.45) is 8.68. The van der Waals surface area contributed by atoms with E-state index in [1.54, 1.807) is 6.33 Å². The Bertz CT molecular complexity index is 1580. The molecule has 0 saturated heterocycles. The molecule has 194 valence electrons. The zero-order valence-electron chi connectivity index (χ0n) is 22.6.